The minimum atomic E-state index is -0.0654. The molecule has 2 heterocycles. The second kappa shape index (κ2) is 8.33. The van der Waals surface area contributed by atoms with Gasteiger partial charge in [0.15, 0.2) is 0 Å². The number of ether oxygens (including phenoxy) is 1. The van der Waals surface area contributed by atoms with Gasteiger partial charge in [0.25, 0.3) is 5.91 Å². The molecule has 1 aromatic heterocycles. The van der Waals surface area contributed by atoms with Crippen molar-refractivity contribution in [1.82, 2.24) is 14.8 Å². The number of carbonyl (C=O) groups excluding carboxylic acids is 2. The van der Waals surface area contributed by atoms with Crippen LogP contribution in [0.1, 0.15) is 17.3 Å². The van der Waals surface area contributed by atoms with Crippen LogP contribution in [0.4, 0.5) is 11.5 Å². The van der Waals surface area contributed by atoms with Crippen molar-refractivity contribution in [3.8, 4) is 5.75 Å². The molecule has 1 aliphatic heterocycles. The van der Waals surface area contributed by atoms with Gasteiger partial charge in [-0.15, -0.1) is 0 Å². The lowest BCUT2D eigenvalue weighted by atomic mass is 10.2. The Morgan fingerprint density at radius 3 is 2.62 bits per heavy atom. The van der Waals surface area contributed by atoms with Crippen molar-refractivity contribution in [1.29, 1.82) is 0 Å². The van der Waals surface area contributed by atoms with Crippen LogP contribution < -0.4 is 10.1 Å². The van der Waals surface area contributed by atoms with E-state index < -0.39 is 0 Å². The molecule has 1 N–H and O–H groups in total. The molecule has 2 aromatic rings. The van der Waals surface area contributed by atoms with E-state index in [-0.39, 0.29) is 5.91 Å². The van der Waals surface area contributed by atoms with Crippen molar-refractivity contribution in [3.05, 3.63) is 48.2 Å². The van der Waals surface area contributed by atoms with E-state index in [9.17, 15) is 9.59 Å². The predicted octanol–water partition coefficient (Wildman–Crippen LogP) is 2.14. The fraction of sp³-hybridized carbons (Fsp3) is 0.316. The highest BCUT2D eigenvalue weighted by atomic mass is 16.5. The molecule has 0 spiro atoms. The molecule has 0 unspecified atom stereocenters. The first-order valence-electron chi connectivity index (χ1n) is 8.64. The van der Waals surface area contributed by atoms with Crippen molar-refractivity contribution in [2.24, 2.45) is 0 Å². The third kappa shape index (κ3) is 4.11. The minimum Gasteiger partial charge on any atom is -0.492 e. The summed E-state index contributed by atoms with van der Waals surface area (Å²) in [4.78, 5) is 31.1. The van der Waals surface area contributed by atoms with Crippen molar-refractivity contribution in [2.45, 2.75) is 6.92 Å². The van der Waals surface area contributed by atoms with Gasteiger partial charge in [0.1, 0.15) is 11.6 Å². The highest BCUT2D eigenvalue weighted by Gasteiger charge is 2.21. The van der Waals surface area contributed by atoms with Crippen LogP contribution in [0.2, 0.25) is 0 Å². The molecule has 1 aliphatic rings. The number of para-hydroxylation sites is 2. The summed E-state index contributed by atoms with van der Waals surface area (Å²) in [5, 5.41) is 3.21. The number of anilines is 2. The molecule has 0 saturated carbocycles. The number of amides is 2. The fourth-order valence-corrected chi connectivity index (χ4v) is 2.80. The Kier molecular flexibility index (Phi) is 5.68. The van der Waals surface area contributed by atoms with Crippen LogP contribution in [0.25, 0.3) is 0 Å². The molecule has 7 nitrogen and oxygen atoms in total. The predicted molar refractivity (Wildman–Crippen MR) is 98.7 cm³/mol. The summed E-state index contributed by atoms with van der Waals surface area (Å²) in [5.74, 6) is 1.33. The molecule has 3 rings (SSSR count). The third-order valence-electron chi connectivity index (χ3n) is 4.21. The summed E-state index contributed by atoms with van der Waals surface area (Å²) in [6.45, 7) is 4.73. The van der Waals surface area contributed by atoms with E-state index in [4.69, 9.17) is 4.74 Å². The number of aromatic nitrogens is 1. The van der Waals surface area contributed by atoms with Crippen molar-refractivity contribution < 1.29 is 14.3 Å². The average molecular weight is 354 g/mol. The first kappa shape index (κ1) is 17.7. The van der Waals surface area contributed by atoms with E-state index in [2.05, 4.69) is 10.3 Å². The number of hydrogen-bond acceptors (Lipinski definition) is 5. The molecule has 0 radical (unpaired) electrons. The maximum absolute atomic E-state index is 12.5. The Balaban J connectivity index is 1.65. The Morgan fingerprint density at radius 1 is 1.19 bits per heavy atom. The molecule has 0 atom stereocenters. The summed E-state index contributed by atoms with van der Waals surface area (Å²) in [6.07, 6.45) is 2.39. The van der Waals surface area contributed by atoms with E-state index in [1.807, 2.05) is 31.2 Å². The normalized spacial score (nSPS) is 14.0. The zero-order valence-electron chi connectivity index (χ0n) is 14.7. The van der Waals surface area contributed by atoms with Gasteiger partial charge in [0, 0.05) is 32.4 Å². The second-order valence-corrected chi connectivity index (χ2v) is 5.92. The summed E-state index contributed by atoms with van der Waals surface area (Å²) in [6, 6.07) is 11.2. The van der Waals surface area contributed by atoms with Crippen LogP contribution >= 0.6 is 0 Å². The molecule has 0 bridgehead atoms. The molecular weight excluding hydrogens is 332 g/mol. The van der Waals surface area contributed by atoms with Crippen LogP contribution in [0, 0.1) is 0 Å². The van der Waals surface area contributed by atoms with E-state index in [1.165, 1.54) is 0 Å². The van der Waals surface area contributed by atoms with Crippen LogP contribution in [-0.2, 0) is 4.79 Å². The van der Waals surface area contributed by atoms with E-state index >= 15 is 0 Å². The monoisotopic (exact) mass is 354 g/mol. The van der Waals surface area contributed by atoms with E-state index in [0.29, 0.717) is 44.2 Å². The molecular formula is C19H22N4O3. The highest BCUT2D eigenvalue weighted by molar-refractivity contribution is 5.94. The molecule has 1 aromatic carbocycles. The molecule has 26 heavy (non-hydrogen) atoms. The van der Waals surface area contributed by atoms with Gasteiger partial charge >= 0.3 is 0 Å². The Morgan fingerprint density at radius 2 is 1.96 bits per heavy atom. The summed E-state index contributed by atoms with van der Waals surface area (Å²) >= 11 is 0. The van der Waals surface area contributed by atoms with Crippen molar-refractivity contribution >= 4 is 23.8 Å². The zero-order chi connectivity index (χ0) is 18.4. The molecule has 0 aliphatic carbocycles. The fourth-order valence-electron chi connectivity index (χ4n) is 2.80. The van der Waals surface area contributed by atoms with Gasteiger partial charge in [-0.1, -0.05) is 12.1 Å². The number of pyridine rings is 1. The maximum Gasteiger partial charge on any atom is 0.255 e. The van der Waals surface area contributed by atoms with Gasteiger partial charge in [-0.05, 0) is 31.2 Å². The molecule has 1 saturated heterocycles. The first-order valence-corrected chi connectivity index (χ1v) is 8.64. The number of carbonyl (C=O) groups is 2. The topological polar surface area (TPSA) is 74.8 Å². The summed E-state index contributed by atoms with van der Waals surface area (Å²) in [5.41, 5.74) is 1.36. The van der Waals surface area contributed by atoms with Gasteiger partial charge in [-0.2, -0.15) is 0 Å². The van der Waals surface area contributed by atoms with Gasteiger partial charge in [-0.3, -0.25) is 9.59 Å². The zero-order valence-corrected chi connectivity index (χ0v) is 14.7. The maximum atomic E-state index is 12.5. The lowest BCUT2D eigenvalue weighted by molar-refractivity contribution is -0.119. The number of benzene rings is 1. The quantitative estimate of drug-likeness (QED) is 0.805. The molecule has 136 valence electrons. The molecule has 1 fully saturated rings. The summed E-state index contributed by atoms with van der Waals surface area (Å²) in [7, 11) is 0. The third-order valence-corrected chi connectivity index (χ3v) is 4.21. The van der Waals surface area contributed by atoms with Gasteiger partial charge < -0.3 is 19.9 Å². The van der Waals surface area contributed by atoms with Gasteiger partial charge in [0.05, 0.1) is 17.9 Å². The van der Waals surface area contributed by atoms with Crippen molar-refractivity contribution in [2.75, 3.05) is 38.1 Å². The Labute approximate surface area is 152 Å². The number of rotatable bonds is 6. The largest absolute Gasteiger partial charge is 0.492 e. The number of nitrogens with zero attached hydrogens (tertiary/aromatic N) is 3. The summed E-state index contributed by atoms with van der Waals surface area (Å²) < 4.78 is 5.59. The second-order valence-electron chi connectivity index (χ2n) is 5.92. The van der Waals surface area contributed by atoms with E-state index in [1.54, 1.807) is 28.1 Å². The average Bonchev–Trinajstić information content (AvgIpc) is 2.70. The SMILES string of the molecule is CCOc1ccccc1Nc1ccc(C(=O)N2CCN(C=O)CC2)cn1. The first-order chi connectivity index (χ1) is 12.7. The lowest BCUT2D eigenvalue weighted by Gasteiger charge is -2.32. The molecule has 7 heteroatoms. The standard InChI is InChI=1S/C19H22N4O3/c1-2-26-17-6-4-3-5-16(17)21-18-8-7-15(13-20-18)19(25)23-11-9-22(14-24)10-12-23/h3-8,13-14H,2,9-12H2,1H3,(H,20,21). The lowest BCUT2D eigenvalue weighted by Crippen LogP contribution is -2.48. The Bertz CT molecular complexity index is 756. The minimum absolute atomic E-state index is 0.0654. The number of hydrogen-bond donors (Lipinski definition) is 1. The number of nitrogens with one attached hydrogen (secondary N) is 1. The number of piperazine rings is 1. The Hall–Kier alpha value is -3.09. The van der Waals surface area contributed by atoms with Crippen molar-refractivity contribution in [3.63, 3.8) is 0 Å². The van der Waals surface area contributed by atoms with Crippen LogP contribution in [-0.4, -0.2) is 59.9 Å². The molecule has 2 amide bonds. The van der Waals surface area contributed by atoms with Gasteiger partial charge in [0.2, 0.25) is 6.41 Å². The van der Waals surface area contributed by atoms with Crippen LogP contribution in [0.3, 0.4) is 0 Å². The highest BCUT2D eigenvalue weighted by Crippen LogP contribution is 2.26. The smallest absolute Gasteiger partial charge is 0.255 e. The van der Waals surface area contributed by atoms with E-state index in [0.717, 1.165) is 17.8 Å². The van der Waals surface area contributed by atoms with Gasteiger partial charge in [-0.25, -0.2) is 4.98 Å². The van der Waals surface area contributed by atoms with Crippen LogP contribution in [0.5, 0.6) is 5.75 Å². The van der Waals surface area contributed by atoms with Crippen LogP contribution in [0.15, 0.2) is 42.6 Å².